The molecule has 10 aliphatic rings. The normalized spacial score (nSPS) is 39.8. The Kier molecular flexibility index (Phi) is 20.0. The molecule has 3 aliphatic heterocycles. The summed E-state index contributed by atoms with van der Waals surface area (Å²) in [6.45, 7) is 21.6. The Morgan fingerprint density at radius 3 is 0.579 bits per heavy atom. The molecule has 10 rings (SSSR count). The maximum atomic E-state index is 9.04. The summed E-state index contributed by atoms with van der Waals surface area (Å²) in [7, 11) is -36.1. The van der Waals surface area contributed by atoms with Crippen LogP contribution in [0.2, 0.25) is 96.2 Å². The highest BCUT2D eigenvalue weighted by molar-refractivity contribution is 7.02. The molecule has 0 atom stereocenters. The van der Waals surface area contributed by atoms with Gasteiger partial charge in [-0.2, -0.15) is 0 Å². The van der Waals surface area contributed by atoms with E-state index in [-0.39, 0.29) is 38.8 Å². The van der Waals surface area contributed by atoms with E-state index in [9.17, 15) is 0 Å². The highest BCUT2D eigenvalue weighted by Gasteiger charge is 2.84. The lowest BCUT2D eigenvalue weighted by molar-refractivity contribution is -0.0141. The molecule has 0 aromatic heterocycles. The lowest BCUT2D eigenvalue weighted by Crippen LogP contribution is -2.86. The van der Waals surface area contributed by atoms with Crippen molar-refractivity contribution in [1.82, 2.24) is 0 Å². The van der Waals surface area contributed by atoms with Gasteiger partial charge in [-0.3, -0.25) is 0 Å². The van der Waals surface area contributed by atoms with E-state index in [0.29, 0.717) is 0 Å². The number of hydrogen-bond donors (Lipinski definition) is 0. The monoisotopic (exact) mass is 1230 g/mol. The second kappa shape index (κ2) is 25.0. The number of fused-ring (bicyclic) bond motifs is 3. The SMILES string of the molecule is CC[Si](C)(C)O[Si]1(C2CCCCC2)O[Si]2(C3CCCCC3)O[Si](O[Si](C)(C)CC)(C3CCCCC3)O[Si]3(C4CCCCC4)O[Si](O[Si](C)(C)CC)(C4CCCCC4)O[Si](C4CCCCC4)(O1)O[Si](C1CCCCC1)(O2)O3. The van der Waals surface area contributed by atoms with Crippen LogP contribution < -0.4 is 0 Å². The average molecular weight is 1230 g/mol. The number of rotatable bonds is 16. The summed E-state index contributed by atoms with van der Waals surface area (Å²) in [4.78, 5) is 0. The maximum Gasteiger partial charge on any atom is 0.482 e. The van der Waals surface area contributed by atoms with Crippen molar-refractivity contribution in [1.29, 1.82) is 0 Å². The molecular weight excluding hydrogens is 1120 g/mol. The summed E-state index contributed by atoms with van der Waals surface area (Å²) < 4.78 is 106. The lowest BCUT2D eigenvalue weighted by Gasteiger charge is -2.64. The molecule has 76 heavy (non-hydrogen) atoms. The fourth-order valence-corrected chi connectivity index (χ4v) is 74.0. The smallest absolute Gasteiger partial charge is 0.416 e. The van der Waals surface area contributed by atoms with Gasteiger partial charge in [0.15, 0.2) is 25.0 Å². The maximum absolute atomic E-state index is 9.04. The van der Waals surface area contributed by atoms with Gasteiger partial charge >= 0.3 is 61.6 Å². The third-order valence-electron chi connectivity index (χ3n) is 21.1. The molecule has 7 aliphatic carbocycles. The zero-order chi connectivity index (χ0) is 53.4. The first kappa shape index (κ1) is 60.8. The fourth-order valence-electron chi connectivity index (χ4n) is 15.5. The van der Waals surface area contributed by atoms with Gasteiger partial charge < -0.3 is 49.4 Å². The van der Waals surface area contributed by atoms with E-state index in [1.807, 2.05) is 0 Å². The average Bonchev–Trinajstić information content (AvgIpc) is 3.43. The Labute approximate surface area is 474 Å². The van der Waals surface area contributed by atoms with E-state index in [4.69, 9.17) is 49.4 Å². The van der Waals surface area contributed by atoms with Crippen molar-refractivity contribution < 1.29 is 49.4 Å². The van der Waals surface area contributed by atoms with E-state index in [1.165, 1.54) is 44.9 Å². The van der Waals surface area contributed by atoms with Gasteiger partial charge in [0.25, 0.3) is 0 Å². The minimum Gasteiger partial charge on any atom is -0.416 e. The van der Waals surface area contributed by atoms with Crippen LogP contribution in [-0.4, -0.2) is 86.6 Å². The second-order valence-corrected chi connectivity index (χ2v) is 64.8. The summed E-state index contributed by atoms with van der Waals surface area (Å²) in [5, 5.41) is 0. The van der Waals surface area contributed by atoms with Gasteiger partial charge in [0, 0.05) is 38.8 Å². The minimum atomic E-state index is -4.14. The van der Waals surface area contributed by atoms with E-state index in [1.54, 1.807) is 0 Å². The summed E-state index contributed by atoms with van der Waals surface area (Å²) in [5.41, 5.74) is 0.315. The van der Waals surface area contributed by atoms with E-state index in [0.717, 1.165) is 198 Å². The van der Waals surface area contributed by atoms with Gasteiger partial charge in [0.2, 0.25) is 0 Å². The first-order valence-electron chi connectivity index (χ1n) is 32.8. The Balaban J connectivity index is 1.37. The molecule has 0 amide bonds. The highest BCUT2D eigenvalue weighted by Crippen LogP contribution is 2.63. The molecular formula is C54H110O12Si10. The van der Waals surface area contributed by atoms with Crippen LogP contribution in [0, 0.1) is 0 Å². The molecule has 22 heteroatoms. The van der Waals surface area contributed by atoms with Gasteiger partial charge in [-0.25, -0.2) is 0 Å². The van der Waals surface area contributed by atoms with Crippen LogP contribution in [-0.2, 0) is 49.4 Å². The molecule has 10 fully saturated rings. The Hall–Kier alpha value is 1.69. The minimum absolute atomic E-state index is 0.0258. The van der Waals surface area contributed by atoms with Crippen molar-refractivity contribution in [2.45, 2.75) is 342 Å². The molecule has 0 aromatic rings. The van der Waals surface area contributed by atoms with Crippen molar-refractivity contribution in [2.75, 3.05) is 0 Å². The Morgan fingerprint density at radius 2 is 0.408 bits per heavy atom. The third kappa shape index (κ3) is 12.9. The zero-order valence-corrected chi connectivity index (χ0v) is 59.8. The van der Waals surface area contributed by atoms with Crippen molar-refractivity contribution in [3.8, 4) is 0 Å². The van der Waals surface area contributed by atoms with Gasteiger partial charge in [-0.1, -0.05) is 156 Å². The number of hydrogen-bond acceptors (Lipinski definition) is 12. The quantitative estimate of drug-likeness (QED) is 0.137. The summed E-state index contributed by atoms with van der Waals surface area (Å²) in [6, 6.07) is 2.85. The Bertz CT molecular complexity index is 1650. The van der Waals surface area contributed by atoms with Crippen LogP contribution in [0.15, 0.2) is 0 Å². The molecule has 0 spiro atoms. The van der Waals surface area contributed by atoms with Crippen LogP contribution in [0.3, 0.4) is 0 Å². The topological polar surface area (TPSA) is 111 Å². The standard InChI is InChI=1S/C54H110O12Si10/c1-10-67(4,5)55-70(48-34-20-13-21-35-48)58-73(51-40-26-16-27-41-51)60-71(56-68(6,7)11-2,49-36-22-14-23-37-49)62-75(53-44-30-18-31-45-53)63-72(57-69(8,9)12-3,50-38-24-15-25-39-50)61-74(59-70,52-42-28-17-29-43-52)65-76(64-73,66-75)54-46-32-19-33-47-54/h48-54H,10-47H2,1-9H3. The van der Waals surface area contributed by atoms with Gasteiger partial charge in [-0.05, 0) is 147 Å². The lowest BCUT2D eigenvalue weighted by atomic mass is 10.0. The van der Waals surface area contributed by atoms with E-state index in [2.05, 4.69) is 60.1 Å². The van der Waals surface area contributed by atoms with Crippen LogP contribution in [0.25, 0.3) is 0 Å². The second-order valence-electron chi connectivity index (χ2n) is 28.1. The molecule has 3 heterocycles. The van der Waals surface area contributed by atoms with Crippen molar-refractivity contribution in [3.63, 3.8) is 0 Å². The summed E-state index contributed by atoms with van der Waals surface area (Å²) in [6.07, 6.45) is 38.2. The fraction of sp³-hybridized carbons (Fsp3) is 1.00. The van der Waals surface area contributed by atoms with E-state index >= 15 is 0 Å². The van der Waals surface area contributed by atoms with Crippen LogP contribution in [0.1, 0.15) is 245 Å². The largest absolute Gasteiger partial charge is 0.482 e. The molecule has 0 N–H and O–H groups in total. The predicted octanol–water partition coefficient (Wildman–Crippen LogP) is 17.8. The molecule has 3 saturated heterocycles. The van der Waals surface area contributed by atoms with E-state index < -0.39 is 86.6 Å². The Morgan fingerprint density at radius 1 is 0.250 bits per heavy atom. The van der Waals surface area contributed by atoms with Crippen LogP contribution >= 0.6 is 0 Å². The van der Waals surface area contributed by atoms with Crippen LogP contribution in [0.5, 0.6) is 0 Å². The predicted molar refractivity (Wildman–Crippen MR) is 325 cm³/mol. The third-order valence-corrected chi connectivity index (χ3v) is 67.8. The van der Waals surface area contributed by atoms with Crippen molar-refractivity contribution >= 4 is 86.6 Å². The van der Waals surface area contributed by atoms with Crippen molar-refractivity contribution in [3.05, 3.63) is 0 Å². The zero-order valence-electron chi connectivity index (χ0n) is 49.8. The first-order chi connectivity index (χ1) is 36.4. The molecule has 0 radical (unpaired) electrons. The van der Waals surface area contributed by atoms with Crippen molar-refractivity contribution in [2.24, 2.45) is 0 Å². The van der Waals surface area contributed by atoms with Gasteiger partial charge in [0.05, 0.1) is 0 Å². The molecule has 7 saturated carbocycles. The van der Waals surface area contributed by atoms with Gasteiger partial charge in [-0.15, -0.1) is 0 Å². The highest BCUT2D eigenvalue weighted by atomic mass is 28.6. The van der Waals surface area contributed by atoms with Crippen LogP contribution in [0.4, 0.5) is 0 Å². The molecule has 0 aromatic carbocycles. The first-order valence-corrected chi connectivity index (χ1v) is 54.8. The van der Waals surface area contributed by atoms with Gasteiger partial charge in [0.1, 0.15) is 0 Å². The molecule has 438 valence electrons. The molecule has 0 unspecified atom stereocenters. The summed E-state index contributed by atoms with van der Waals surface area (Å²) in [5.74, 6) is 0. The molecule has 12 nitrogen and oxygen atoms in total. The molecule has 4 bridgehead atoms. The summed E-state index contributed by atoms with van der Waals surface area (Å²) >= 11 is 0.